The molecule has 1 atom stereocenters. The van der Waals surface area contributed by atoms with Gasteiger partial charge < -0.3 is 13.9 Å². The molecular formula is C12H24O4Si. The van der Waals surface area contributed by atoms with Crippen LogP contribution in [0.5, 0.6) is 0 Å². The molecule has 0 aliphatic rings. The summed E-state index contributed by atoms with van der Waals surface area (Å²) >= 11 is 0. The molecule has 0 radical (unpaired) electrons. The van der Waals surface area contributed by atoms with Crippen LogP contribution in [0.1, 0.15) is 20.8 Å². The summed E-state index contributed by atoms with van der Waals surface area (Å²) in [5, 5.41) is 0.129. The summed E-state index contributed by atoms with van der Waals surface area (Å²) in [6, 6.07) is 0. The molecule has 4 nitrogen and oxygen atoms in total. The quantitative estimate of drug-likeness (QED) is 0.432. The molecule has 0 bridgehead atoms. The molecule has 0 aliphatic carbocycles. The maximum atomic E-state index is 11.0. The second-order valence-corrected chi connectivity index (χ2v) is 10.2. The first-order chi connectivity index (χ1) is 7.64. The molecule has 0 aromatic heterocycles. The highest BCUT2D eigenvalue weighted by molar-refractivity contribution is 6.74. The highest BCUT2D eigenvalue weighted by Gasteiger charge is 2.37. The maximum absolute atomic E-state index is 11.0. The van der Waals surface area contributed by atoms with Crippen LogP contribution in [0.3, 0.4) is 0 Å². The van der Waals surface area contributed by atoms with Gasteiger partial charge in [0.05, 0.1) is 13.7 Å². The lowest BCUT2D eigenvalue weighted by atomic mass is 10.2. The number of hydrogen-bond donors (Lipinski definition) is 0. The largest absolute Gasteiger partial charge is 0.508 e. The van der Waals surface area contributed by atoms with Crippen molar-refractivity contribution in [3.8, 4) is 0 Å². The molecule has 0 aliphatic heterocycles. The van der Waals surface area contributed by atoms with Crippen molar-refractivity contribution in [3.05, 3.63) is 12.7 Å². The van der Waals surface area contributed by atoms with E-state index in [4.69, 9.17) is 9.16 Å². The summed E-state index contributed by atoms with van der Waals surface area (Å²) in [6.07, 6.45) is 0.370. The molecule has 0 saturated heterocycles. The number of rotatable bonds is 5. The lowest BCUT2D eigenvalue weighted by molar-refractivity contribution is 0.0341. The van der Waals surface area contributed by atoms with Gasteiger partial charge in [0, 0.05) is 0 Å². The van der Waals surface area contributed by atoms with Gasteiger partial charge in [-0.3, -0.25) is 0 Å². The molecule has 0 N–H and O–H groups in total. The third-order valence-corrected chi connectivity index (χ3v) is 7.59. The third kappa shape index (κ3) is 5.36. The van der Waals surface area contributed by atoms with Crippen LogP contribution in [0.15, 0.2) is 12.7 Å². The van der Waals surface area contributed by atoms with Gasteiger partial charge in [0.15, 0.2) is 8.32 Å². The van der Waals surface area contributed by atoms with Crippen molar-refractivity contribution in [1.29, 1.82) is 0 Å². The van der Waals surface area contributed by atoms with Gasteiger partial charge in [-0.2, -0.15) is 0 Å². The number of hydrogen-bond acceptors (Lipinski definition) is 4. The first-order valence-electron chi connectivity index (χ1n) is 5.65. The predicted molar refractivity (Wildman–Crippen MR) is 70.6 cm³/mol. The van der Waals surface area contributed by atoms with E-state index in [0.717, 1.165) is 0 Å². The predicted octanol–water partition coefficient (Wildman–Crippen LogP) is 3.35. The highest BCUT2D eigenvalue weighted by atomic mass is 28.4. The normalized spacial score (nSPS) is 14.0. The second-order valence-electron chi connectivity index (χ2n) is 5.42. The minimum absolute atomic E-state index is 0.129. The van der Waals surface area contributed by atoms with Crippen molar-refractivity contribution in [2.45, 2.75) is 45.0 Å². The third-order valence-electron chi connectivity index (χ3n) is 3.09. The zero-order valence-electron chi connectivity index (χ0n) is 11.7. The van der Waals surface area contributed by atoms with E-state index in [1.54, 1.807) is 6.08 Å². The van der Waals surface area contributed by atoms with E-state index in [9.17, 15) is 4.79 Å². The van der Waals surface area contributed by atoms with Crippen LogP contribution in [0.25, 0.3) is 0 Å². The van der Waals surface area contributed by atoms with Gasteiger partial charge in [0.1, 0.15) is 6.10 Å². The molecule has 0 heterocycles. The van der Waals surface area contributed by atoms with Crippen molar-refractivity contribution in [2.75, 3.05) is 13.7 Å². The molecule has 0 fully saturated rings. The van der Waals surface area contributed by atoms with Crippen molar-refractivity contribution < 1.29 is 18.7 Å². The summed E-state index contributed by atoms with van der Waals surface area (Å²) in [4.78, 5) is 11.0. The molecule has 100 valence electrons. The minimum Gasteiger partial charge on any atom is -0.438 e. The summed E-state index contributed by atoms with van der Waals surface area (Å²) in [7, 11) is -0.550. The molecule has 0 aromatic carbocycles. The van der Waals surface area contributed by atoms with Gasteiger partial charge >= 0.3 is 6.16 Å². The topological polar surface area (TPSA) is 44.8 Å². The van der Waals surface area contributed by atoms with Crippen molar-refractivity contribution in [1.82, 2.24) is 0 Å². The van der Waals surface area contributed by atoms with E-state index in [1.807, 2.05) is 0 Å². The number of carbonyl (C=O) groups is 1. The Morgan fingerprint density at radius 3 is 2.29 bits per heavy atom. The van der Waals surface area contributed by atoms with Crippen LogP contribution >= 0.6 is 0 Å². The number of ether oxygens (including phenoxy) is 2. The van der Waals surface area contributed by atoms with E-state index in [2.05, 4.69) is 45.2 Å². The molecule has 0 unspecified atom stereocenters. The van der Waals surface area contributed by atoms with Crippen LogP contribution in [-0.4, -0.2) is 34.3 Å². The number of methoxy groups -OCH3 is 1. The average molecular weight is 260 g/mol. The highest BCUT2D eigenvalue weighted by Crippen LogP contribution is 2.36. The molecule has 5 heteroatoms. The molecule has 0 spiro atoms. The van der Waals surface area contributed by atoms with Gasteiger partial charge in [-0.05, 0) is 24.2 Å². The van der Waals surface area contributed by atoms with Gasteiger partial charge in [-0.1, -0.05) is 27.4 Å². The lowest BCUT2D eigenvalue weighted by Gasteiger charge is -2.36. The molecule has 0 rings (SSSR count). The monoisotopic (exact) mass is 260 g/mol. The van der Waals surface area contributed by atoms with E-state index in [0.29, 0.717) is 6.61 Å². The Balaban J connectivity index is 4.33. The van der Waals surface area contributed by atoms with Gasteiger partial charge in [0.25, 0.3) is 0 Å². The first kappa shape index (κ1) is 16.2. The van der Waals surface area contributed by atoms with Crippen LogP contribution in [-0.2, 0) is 13.9 Å². The maximum Gasteiger partial charge on any atom is 0.508 e. The Bertz CT molecular complexity index is 268. The van der Waals surface area contributed by atoms with E-state index < -0.39 is 20.6 Å². The van der Waals surface area contributed by atoms with Gasteiger partial charge in [-0.15, -0.1) is 0 Å². The van der Waals surface area contributed by atoms with E-state index in [-0.39, 0.29) is 5.04 Å². The molecule has 17 heavy (non-hydrogen) atoms. The SMILES string of the molecule is C=C[C@H](CO[Si](C)(C)C(C)(C)C)OC(=O)OC. The van der Waals surface area contributed by atoms with Crippen molar-refractivity contribution in [2.24, 2.45) is 0 Å². The fourth-order valence-corrected chi connectivity index (χ4v) is 1.84. The summed E-state index contributed by atoms with van der Waals surface area (Å²) < 4.78 is 15.3. The molecule has 0 amide bonds. The fourth-order valence-electron chi connectivity index (χ4n) is 0.829. The summed E-state index contributed by atoms with van der Waals surface area (Å²) in [5.74, 6) is 0. The standard InChI is InChI=1S/C12H24O4Si/c1-8-10(16-11(13)14-5)9-15-17(6,7)12(2,3)4/h8,10H,1,9H2,2-7H3/t10-/m1/s1. The Kier molecular flexibility index (Phi) is 5.91. The first-order valence-corrected chi connectivity index (χ1v) is 8.56. The molecule has 0 aromatic rings. The zero-order valence-corrected chi connectivity index (χ0v) is 12.7. The molecular weight excluding hydrogens is 236 g/mol. The lowest BCUT2D eigenvalue weighted by Crippen LogP contribution is -2.43. The van der Waals surface area contributed by atoms with E-state index in [1.165, 1.54) is 7.11 Å². The minimum atomic E-state index is -1.83. The van der Waals surface area contributed by atoms with Gasteiger partial charge in [-0.25, -0.2) is 4.79 Å². The van der Waals surface area contributed by atoms with E-state index >= 15 is 0 Å². The Morgan fingerprint density at radius 2 is 1.94 bits per heavy atom. The van der Waals surface area contributed by atoms with Crippen LogP contribution < -0.4 is 0 Å². The Morgan fingerprint density at radius 1 is 1.41 bits per heavy atom. The van der Waals surface area contributed by atoms with Crippen molar-refractivity contribution >= 4 is 14.5 Å². The second kappa shape index (κ2) is 6.21. The van der Waals surface area contributed by atoms with Crippen LogP contribution in [0.2, 0.25) is 18.1 Å². The Labute approximate surface area is 105 Å². The van der Waals surface area contributed by atoms with Crippen LogP contribution in [0, 0.1) is 0 Å². The van der Waals surface area contributed by atoms with Crippen LogP contribution in [0.4, 0.5) is 4.79 Å². The fraction of sp³-hybridized carbons (Fsp3) is 0.750. The zero-order chi connectivity index (χ0) is 13.7. The Hall–Kier alpha value is -0.813. The van der Waals surface area contributed by atoms with Gasteiger partial charge in [0.2, 0.25) is 0 Å². The molecule has 0 saturated carbocycles. The smallest absolute Gasteiger partial charge is 0.438 e. The summed E-state index contributed by atoms with van der Waals surface area (Å²) in [6.45, 7) is 14.7. The summed E-state index contributed by atoms with van der Waals surface area (Å²) in [5.41, 5.74) is 0. The van der Waals surface area contributed by atoms with Crippen molar-refractivity contribution in [3.63, 3.8) is 0 Å². The average Bonchev–Trinajstić information content (AvgIpc) is 2.22. The number of carbonyl (C=O) groups excluding carboxylic acids is 1.